The van der Waals surface area contributed by atoms with Crippen molar-refractivity contribution in [3.63, 3.8) is 0 Å². The van der Waals surface area contributed by atoms with Crippen molar-refractivity contribution in [2.24, 2.45) is 17.3 Å². The van der Waals surface area contributed by atoms with Gasteiger partial charge in [0.05, 0.1) is 12.0 Å². The summed E-state index contributed by atoms with van der Waals surface area (Å²) in [5.41, 5.74) is 0.239. The van der Waals surface area contributed by atoms with E-state index in [9.17, 15) is 14.9 Å². The SMILES string of the molecule is N#CC1(C(=O)N2C[C@H]3CCN(Cc4cccnc4)C(=O)[C@@H]3C2)CC1. The van der Waals surface area contributed by atoms with Crippen LogP contribution in [0.4, 0.5) is 0 Å². The summed E-state index contributed by atoms with van der Waals surface area (Å²) in [6, 6.07) is 6.02. The van der Waals surface area contributed by atoms with Gasteiger partial charge in [-0.25, -0.2) is 0 Å². The van der Waals surface area contributed by atoms with Gasteiger partial charge in [-0.1, -0.05) is 6.07 Å². The van der Waals surface area contributed by atoms with Crippen molar-refractivity contribution in [2.75, 3.05) is 19.6 Å². The van der Waals surface area contributed by atoms with Crippen LogP contribution >= 0.6 is 0 Å². The van der Waals surface area contributed by atoms with E-state index < -0.39 is 5.41 Å². The first-order chi connectivity index (χ1) is 11.6. The minimum Gasteiger partial charge on any atom is -0.340 e. The number of rotatable bonds is 3. The van der Waals surface area contributed by atoms with Crippen molar-refractivity contribution in [2.45, 2.75) is 25.8 Å². The number of pyridine rings is 1. The van der Waals surface area contributed by atoms with Gasteiger partial charge in [0.15, 0.2) is 0 Å². The zero-order valence-corrected chi connectivity index (χ0v) is 13.5. The Kier molecular flexibility index (Phi) is 3.52. The molecule has 3 fully saturated rings. The molecule has 2 atom stereocenters. The summed E-state index contributed by atoms with van der Waals surface area (Å²) >= 11 is 0. The lowest BCUT2D eigenvalue weighted by atomic mass is 9.88. The quantitative estimate of drug-likeness (QED) is 0.837. The molecule has 0 spiro atoms. The maximum absolute atomic E-state index is 12.8. The number of amides is 2. The van der Waals surface area contributed by atoms with Gasteiger partial charge < -0.3 is 9.80 Å². The normalized spacial score (nSPS) is 27.5. The summed E-state index contributed by atoms with van der Waals surface area (Å²) in [4.78, 5) is 33.1. The Hall–Kier alpha value is -2.42. The van der Waals surface area contributed by atoms with Crippen LogP contribution in [0.1, 0.15) is 24.8 Å². The van der Waals surface area contributed by atoms with Crippen LogP contribution in [-0.4, -0.2) is 46.2 Å². The highest BCUT2D eigenvalue weighted by Crippen LogP contribution is 2.48. The van der Waals surface area contributed by atoms with Crippen LogP contribution in [0.25, 0.3) is 0 Å². The van der Waals surface area contributed by atoms with Gasteiger partial charge in [0.1, 0.15) is 5.41 Å². The fourth-order valence-electron chi connectivity index (χ4n) is 3.95. The standard InChI is InChI=1S/C18H20N4O2/c19-12-18(4-5-18)17(24)22-10-14-3-7-21(16(23)15(14)11-22)9-13-2-1-6-20-8-13/h1-2,6,8,14-15H,3-5,7,9-11H2/t14-,15-/m1/s1. The molecule has 0 N–H and O–H groups in total. The first-order valence-corrected chi connectivity index (χ1v) is 8.51. The van der Waals surface area contributed by atoms with Gasteiger partial charge in [-0.3, -0.25) is 14.6 Å². The largest absolute Gasteiger partial charge is 0.340 e. The lowest BCUT2D eigenvalue weighted by molar-refractivity contribution is -0.140. The summed E-state index contributed by atoms with van der Waals surface area (Å²) in [6.45, 7) is 2.39. The summed E-state index contributed by atoms with van der Waals surface area (Å²) in [5.74, 6) is 0.188. The van der Waals surface area contributed by atoms with Gasteiger partial charge in [-0.15, -0.1) is 0 Å². The van der Waals surface area contributed by atoms with Crippen molar-refractivity contribution in [3.8, 4) is 6.07 Å². The summed E-state index contributed by atoms with van der Waals surface area (Å²) in [6.07, 6.45) is 5.75. The molecule has 0 bridgehead atoms. The number of hydrogen-bond acceptors (Lipinski definition) is 4. The number of nitriles is 1. The van der Waals surface area contributed by atoms with Gasteiger partial charge in [-0.2, -0.15) is 5.26 Å². The highest BCUT2D eigenvalue weighted by molar-refractivity contribution is 5.90. The van der Waals surface area contributed by atoms with Gasteiger partial charge in [0.2, 0.25) is 11.8 Å². The van der Waals surface area contributed by atoms with E-state index in [1.807, 2.05) is 17.0 Å². The van der Waals surface area contributed by atoms with Crippen molar-refractivity contribution in [1.29, 1.82) is 5.26 Å². The smallest absolute Gasteiger partial charge is 0.243 e. The van der Waals surface area contributed by atoms with E-state index in [1.165, 1.54) is 0 Å². The fraction of sp³-hybridized carbons (Fsp3) is 0.556. The molecule has 1 aromatic rings. The average Bonchev–Trinajstić information content (AvgIpc) is 3.29. The number of nitrogens with zero attached hydrogens (tertiary/aromatic N) is 4. The van der Waals surface area contributed by atoms with Gasteiger partial charge in [0.25, 0.3) is 0 Å². The summed E-state index contributed by atoms with van der Waals surface area (Å²) < 4.78 is 0. The topological polar surface area (TPSA) is 77.3 Å². The zero-order valence-electron chi connectivity index (χ0n) is 13.5. The van der Waals surface area contributed by atoms with Crippen LogP contribution in [0.5, 0.6) is 0 Å². The molecule has 1 saturated carbocycles. The highest BCUT2D eigenvalue weighted by atomic mass is 16.2. The maximum Gasteiger partial charge on any atom is 0.243 e. The molecule has 0 radical (unpaired) electrons. The molecule has 0 aromatic carbocycles. The van der Waals surface area contributed by atoms with E-state index in [0.717, 1.165) is 18.5 Å². The molecule has 0 unspecified atom stereocenters. The van der Waals surface area contributed by atoms with E-state index in [0.29, 0.717) is 32.5 Å². The van der Waals surface area contributed by atoms with E-state index in [4.69, 9.17) is 0 Å². The second-order valence-electron chi connectivity index (χ2n) is 7.18. The molecular weight excluding hydrogens is 304 g/mol. The molecule has 3 heterocycles. The number of carbonyl (C=O) groups excluding carboxylic acids is 2. The second kappa shape index (κ2) is 5.59. The Labute approximate surface area is 141 Å². The van der Waals surface area contributed by atoms with Crippen LogP contribution in [0.3, 0.4) is 0 Å². The molecule has 1 aromatic heterocycles. The molecule has 2 saturated heterocycles. The third-order valence-electron chi connectivity index (χ3n) is 5.60. The summed E-state index contributed by atoms with van der Waals surface area (Å²) in [5, 5.41) is 9.23. The highest BCUT2D eigenvalue weighted by Gasteiger charge is 2.55. The molecule has 1 aliphatic carbocycles. The third kappa shape index (κ3) is 2.44. The van der Waals surface area contributed by atoms with Gasteiger partial charge >= 0.3 is 0 Å². The molecule has 24 heavy (non-hydrogen) atoms. The van der Waals surface area contributed by atoms with Crippen LogP contribution in [0.15, 0.2) is 24.5 Å². The Balaban J connectivity index is 1.44. The predicted octanol–water partition coefficient (Wildman–Crippen LogP) is 1.19. The van der Waals surface area contributed by atoms with Crippen LogP contribution in [0, 0.1) is 28.6 Å². The average molecular weight is 324 g/mol. The molecule has 2 amide bonds. The minimum absolute atomic E-state index is 0.0639. The Morgan fingerprint density at radius 1 is 1.42 bits per heavy atom. The second-order valence-corrected chi connectivity index (χ2v) is 7.18. The Morgan fingerprint density at radius 3 is 2.92 bits per heavy atom. The van der Waals surface area contributed by atoms with E-state index in [2.05, 4.69) is 11.1 Å². The van der Waals surface area contributed by atoms with Crippen molar-refractivity contribution >= 4 is 11.8 Å². The molecule has 4 rings (SSSR count). The number of piperidine rings is 1. The van der Waals surface area contributed by atoms with E-state index in [1.54, 1.807) is 17.3 Å². The molecule has 3 aliphatic rings. The van der Waals surface area contributed by atoms with Crippen LogP contribution in [0.2, 0.25) is 0 Å². The van der Waals surface area contributed by atoms with Crippen molar-refractivity contribution in [1.82, 2.24) is 14.8 Å². The number of likely N-dealkylation sites (tertiary alicyclic amines) is 2. The zero-order chi connectivity index (χ0) is 16.7. The Bertz CT molecular complexity index is 707. The Morgan fingerprint density at radius 2 is 2.25 bits per heavy atom. The first kappa shape index (κ1) is 15.1. The van der Waals surface area contributed by atoms with E-state index >= 15 is 0 Å². The predicted molar refractivity (Wildman–Crippen MR) is 85.1 cm³/mol. The lowest BCUT2D eigenvalue weighted by Crippen LogP contribution is -2.44. The van der Waals surface area contributed by atoms with Gasteiger partial charge in [-0.05, 0) is 36.8 Å². The number of fused-ring (bicyclic) bond motifs is 1. The summed E-state index contributed by atoms with van der Waals surface area (Å²) in [7, 11) is 0. The molecule has 2 aliphatic heterocycles. The monoisotopic (exact) mass is 324 g/mol. The molecular formula is C18H20N4O2. The molecule has 6 nitrogen and oxygen atoms in total. The number of carbonyl (C=O) groups is 2. The molecule has 6 heteroatoms. The van der Waals surface area contributed by atoms with Gasteiger partial charge in [0, 0.05) is 38.6 Å². The third-order valence-corrected chi connectivity index (χ3v) is 5.60. The first-order valence-electron chi connectivity index (χ1n) is 8.51. The fourth-order valence-corrected chi connectivity index (χ4v) is 3.95. The van der Waals surface area contributed by atoms with Crippen LogP contribution in [-0.2, 0) is 16.1 Å². The maximum atomic E-state index is 12.8. The van der Waals surface area contributed by atoms with Crippen molar-refractivity contribution in [3.05, 3.63) is 30.1 Å². The number of aromatic nitrogens is 1. The number of hydrogen-bond donors (Lipinski definition) is 0. The minimum atomic E-state index is -0.786. The molecule has 124 valence electrons. The lowest BCUT2D eigenvalue weighted by Gasteiger charge is -2.33. The van der Waals surface area contributed by atoms with E-state index in [-0.39, 0.29) is 23.7 Å². The van der Waals surface area contributed by atoms with Crippen molar-refractivity contribution < 1.29 is 9.59 Å². The van der Waals surface area contributed by atoms with Crippen LogP contribution < -0.4 is 0 Å².